The number of amides is 2. The molecule has 0 saturated carbocycles. The molecule has 0 aliphatic rings. The molecule has 1 aromatic carbocycles. The van der Waals surface area contributed by atoms with Crippen molar-refractivity contribution in [3.8, 4) is 0 Å². The first-order chi connectivity index (χ1) is 11.4. The smallest absolute Gasteiger partial charge is 0.315 e. The zero-order valence-electron chi connectivity index (χ0n) is 15.3. The van der Waals surface area contributed by atoms with Gasteiger partial charge >= 0.3 is 6.03 Å². The monoisotopic (exact) mass is 328 g/mol. The lowest BCUT2D eigenvalue weighted by Crippen LogP contribution is -2.42. The Morgan fingerprint density at radius 2 is 2.04 bits per heavy atom. The largest absolute Gasteiger partial charge is 0.338 e. The Hall–Kier alpha value is -2.30. The molecule has 0 aliphatic carbocycles. The second-order valence-electron chi connectivity index (χ2n) is 6.52. The number of aryl methyl sites for hydroxylation is 3. The number of benzene rings is 1. The third kappa shape index (κ3) is 4.85. The number of carbonyl (C=O) groups is 1. The molecule has 0 saturated heterocycles. The fourth-order valence-electron chi connectivity index (χ4n) is 2.93. The van der Waals surface area contributed by atoms with Crippen molar-refractivity contribution >= 4 is 6.03 Å². The van der Waals surface area contributed by atoms with Gasteiger partial charge < -0.3 is 10.6 Å². The molecule has 130 valence electrons. The van der Waals surface area contributed by atoms with Crippen molar-refractivity contribution in [1.29, 1.82) is 0 Å². The number of nitrogens with zero attached hydrogens (tertiary/aromatic N) is 2. The summed E-state index contributed by atoms with van der Waals surface area (Å²) >= 11 is 0. The molecule has 0 radical (unpaired) electrons. The number of hydrogen-bond acceptors (Lipinski definition) is 2. The van der Waals surface area contributed by atoms with Gasteiger partial charge in [0, 0.05) is 25.3 Å². The van der Waals surface area contributed by atoms with Crippen LogP contribution in [-0.2, 0) is 19.9 Å². The second kappa shape index (κ2) is 7.99. The van der Waals surface area contributed by atoms with Crippen LogP contribution in [-0.4, -0.2) is 28.4 Å². The average Bonchev–Trinajstić information content (AvgIpc) is 2.73. The van der Waals surface area contributed by atoms with Gasteiger partial charge in [0.2, 0.25) is 0 Å². The summed E-state index contributed by atoms with van der Waals surface area (Å²) in [4.78, 5) is 12.0. The maximum absolute atomic E-state index is 12.0. The topological polar surface area (TPSA) is 59.0 Å². The summed E-state index contributed by atoms with van der Waals surface area (Å²) < 4.78 is 1.89. The van der Waals surface area contributed by atoms with E-state index >= 15 is 0 Å². The summed E-state index contributed by atoms with van der Waals surface area (Å²) in [7, 11) is 1.95. The number of hydrogen-bond donors (Lipinski definition) is 2. The molecule has 2 aromatic rings. The van der Waals surface area contributed by atoms with Gasteiger partial charge in [-0.25, -0.2) is 4.79 Å². The fourth-order valence-corrected chi connectivity index (χ4v) is 2.93. The first-order valence-corrected chi connectivity index (χ1v) is 8.45. The van der Waals surface area contributed by atoms with Gasteiger partial charge in [0.1, 0.15) is 0 Å². The van der Waals surface area contributed by atoms with E-state index in [1.807, 2.05) is 31.6 Å². The van der Waals surface area contributed by atoms with Gasteiger partial charge in [0.05, 0.1) is 5.69 Å². The van der Waals surface area contributed by atoms with Gasteiger partial charge in [-0.2, -0.15) is 5.10 Å². The molecule has 1 atom stereocenters. The normalized spacial score (nSPS) is 12.0. The maximum atomic E-state index is 12.0. The number of nitrogens with one attached hydrogen (secondary N) is 2. The van der Waals surface area contributed by atoms with Crippen LogP contribution in [0.25, 0.3) is 0 Å². The predicted octanol–water partition coefficient (Wildman–Crippen LogP) is 2.82. The average molecular weight is 328 g/mol. The molecule has 5 nitrogen and oxygen atoms in total. The number of urea groups is 1. The van der Waals surface area contributed by atoms with E-state index in [9.17, 15) is 4.79 Å². The SMILES string of the molecule is Cc1cccc(CCNC(=O)N[C@@H](C)Cc2c(C)nn(C)c2C)c1. The van der Waals surface area contributed by atoms with Crippen LogP contribution >= 0.6 is 0 Å². The summed E-state index contributed by atoms with van der Waals surface area (Å²) in [5.41, 5.74) is 5.88. The lowest BCUT2D eigenvalue weighted by Gasteiger charge is -2.15. The van der Waals surface area contributed by atoms with E-state index in [0.29, 0.717) is 6.54 Å². The van der Waals surface area contributed by atoms with Crippen molar-refractivity contribution < 1.29 is 4.79 Å². The molecule has 2 rings (SSSR count). The molecule has 0 aliphatic heterocycles. The van der Waals surface area contributed by atoms with Crippen molar-refractivity contribution in [2.45, 2.75) is 46.6 Å². The fraction of sp³-hybridized carbons (Fsp3) is 0.474. The van der Waals surface area contributed by atoms with E-state index in [0.717, 1.165) is 24.2 Å². The van der Waals surface area contributed by atoms with Crippen molar-refractivity contribution in [3.05, 3.63) is 52.3 Å². The highest BCUT2D eigenvalue weighted by Crippen LogP contribution is 2.14. The second-order valence-corrected chi connectivity index (χ2v) is 6.52. The third-order valence-corrected chi connectivity index (χ3v) is 4.33. The van der Waals surface area contributed by atoms with Gasteiger partial charge in [-0.05, 0) is 51.7 Å². The summed E-state index contributed by atoms with van der Waals surface area (Å²) in [6.07, 6.45) is 1.63. The van der Waals surface area contributed by atoms with E-state index in [-0.39, 0.29) is 12.1 Å². The summed E-state index contributed by atoms with van der Waals surface area (Å²) in [6, 6.07) is 8.30. The predicted molar refractivity (Wildman–Crippen MR) is 97.3 cm³/mol. The Kier molecular flexibility index (Phi) is 6.01. The van der Waals surface area contributed by atoms with Crippen LogP contribution in [0.4, 0.5) is 4.79 Å². The molecular formula is C19H28N4O. The highest BCUT2D eigenvalue weighted by Gasteiger charge is 2.14. The molecule has 2 N–H and O–H groups in total. The molecular weight excluding hydrogens is 300 g/mol. The van der Waals surface area contributed by atoms with Gasteiger partial charge in [-0.15, -0.1) is 0 Å². The van der Waals surface area contributed by atoms with Crippen LogP contribution in [0, 0.1) is 20.8 Å². The van der Waals surface area contributed by atoms with E-state index in [2.05, 4.69) is 47.8 Å². The summed E-state index contributed by atoms with van der Waals surface area (Å²) in [5, 5.41) is 10.4. The minimum Gasteiger partial charge on any atom is -0.338 e. The molecule has 5 heteroatoms. The van der Waals surface area contributed by atoms with Gasteiger partial charge in [0.25, 0.3) is 0 Å². The third-order valence-electron chi connectivity index (χ3n) is 4.33. The maximum Gasteiger partial charge on any atom is 0.315 e. The first-order valence-electron chi connectivity index (χ1n) is 8.45. The van der Waals surface area contributed by atoms with Crippen molar-refractivity contribution in [3.63, 3.8) is 0 Å². The molecule has 0 bridgehead atoms. The Morgan fingerprint density at radius 3 is 2.67 bits per heavy atom. The Balaban J connectivity index is 1.77. The van der Waals surface area contributed by atoms with Crippen LogP contribution in [0.15, 0.2) is 24.3 Å². The van der Waals surface area contributed by atoms with E-state index < -0.39 is 0 Å². The molecule has 2 amide bonds. The molecule has 0 unspecified atom stereocenters. The molecule has 1 heterocycles. The van der Waals surface area contributed by atoms with Crippen LogP contribution in [0.5, 0.6) is 0 Å². The Labute approximate surface area is 144 Å². The van der Waals surface area contributed by atoms with E-state index in [1.54, 1.807) is 0 Å². The minimum atomic E-state index is -0.116. The van der Waals surface area contributed by atoms with Gasteiger partial charge in [0.15, 0.2) is 0 Å². The van der Waals surface area contributed by atoms with Crippen molar-refractivity contribution in [2.24, 2.45) is 7.05 Å². The highest BCUT2D eigenvalue weighted by atomic mass is 16.2. The zero-order chi connectivity index (χ0) is 17.7. The van der Waals surface area contributed by atoms with Crippen LogP contribution in [0.3, 0.4) is 0 Å². The summed E-state index contributed by atoms with van der Waals surface area (Å²) in [6.45, 7) is 8.80. The zero-order valence-corrected chi connectivity index (χ0v) is 15.3. The van der Waals surface area contributed by atoms with Crippen LogP contribution in [0.2, 0.25) is 0 Å². The summed E-state index contributed by atoms with van der Waals surface area (Å²) in [5.74, 6) is 0. The first kappa shape index (κ1) is 18.0. The lowest BCUT2D eigenvalue weighted by atomic mass is 10.1. The quantitative estimate of drug-likeness (QED) is 0.856. The van der Waals surface area contributed by atoms with Crippen molar-refractivity contribution in [2.75, 3.05) is 6.54 Å². The van der Waals surface area contributed by atoms with E-state index in [1.165, 1.54) is 16.7 Å². The van der Waals surface area contributed by atoms with Gasteiger partial charge in [-0.3, -0.25) is 4.68 Å². The highest BCUT2D eigenvalue weighted by molar-refractivity contribution is 5.74. The minimum absolute atomic E-state index is 0.0607. The number of aromatic nitrogens is 2. The van der Waals surface area contributed by atoms with Crippen LogP contribution < -0.4 is 10.6 Å². The van der Waals surface area contributed by atoms with Gasteiger partial charge in [-0.1, -0.05) is 29.8 Å². The number of rotatable bonds is 6. The standard InChI is InChI=1S/C19H28N4O/c1-13-7-6-8-17(11-13)9-10-20-19(24)21-14(2)12-18-15(3)22-23(5)16(18)4/h6-8,11,14H,9-10,12H2,1-5H3,(H2,20,21,24)/t14-/m0/s1. The van der Waals surface area contributed by atoms with E-state index in [4.69, 9.17) is 0 Å². The van der Waals surface area contributed by atoms with Crippen LogP contribution in [0.1, 0.15) is 35.0 Å². The van der Waals surface area contributed by atoms with Crippen molar-refractivity contribution in [1.82, 2.24) is 20.4 Å². The number of carbonyl (C=O) groups excluding carboxylic acids is 1. The Bertz CT molecular complexity index is 705. The molecule has 0 spiro atoms. The molecule has 1 aromatic heterocycles. The Morgan fingerprint density at radius 1 is 1.29 bits per heavy atom. The molecule has 24 heavy (non-hydrogen) atoms. The molecule has 0 fully saturated rings. The lowest BCUT2D eigenvalue weighted by molar-refractivity contribution is 0.238.